The summed E-state index contributed by atoms with van der Waals surface area (Å²) < 4.78 is 0.917. The van der Waals surface area contributed by atoms with Crippen molar-refractivity contribution in [3.63, 3.8) is 0 Å². The van der Waals surface area contributed by atoms with Crippen LogP contribution in [-0.2, 0) is 0 Å². The van der Waals surface area contributed by atoms with E-state index in [-0.39, 0.29) is 6.61 Å². The first-order valence-corrected chi connectivity index (χ1v) is 5.99. The molecule has 0 aliphatic carbocycles. The van der Waals surface area contributed by atoms with Crippen LogP contribution in [0.15, 0.2) is 27.6 Å². The van der Waals surface area contributed by atoms with Gasteiger partial charge in [0.05, 0.1) is 5.56 Å². The van der Waals surface area contributed by atoms with Gasteiger partial charge in [0, 0.05) is 21.7 Å². The SMILES string of the molecule is N#Cc1cc(Br)ccc1SCCCO. The van der Waals surface area contributed by atoms with Gasteiger partial charge in [0.1, 0.15) is 6.07 Å². The zero-order chi connectivity index (χ0) is 10.4. The molecule has 2 nitrogen and oxygen atoms in total. The van der Waals surface area contributed by atoms with Gasteiger partial charge in [0.2, 0.25) is 0 Å². The Hall–Kier alpha value is -0.500. The van der Waals surface area contributed by atoms with Crippen LogP contribution in [0.4, 0.5) is 0 Å². The summed E-state index contributed by atoms with van der Waals surface area (Å²) in [4.78, 5) is 0.976. The molecule has 0 heterocycles. The molecule has 0 aliphatic heterocycles. The zero-order valence-corrected chi connectivity index (χ0v) is 9.94. The average molecular weight is 272 g/mol. The van der Waals surface area contributed by atoms with E-state index < -0.39 is 0 Å². The summed E-state index contributed by atoms with van der Waals surface area (Å²) in [6.07, 6.45) is 0.756. The van der Waals surface area contributed by atoms with Crippen molar-refractivity contribution < 1.29 is 5.11 Å². The van der Waals surface area contributed by atoms with Gasteiger partial charge in [-0.15, -0.1) is 11.8 Å². The molecule has 0 radical (unpaired) electrons. The number of nitriles is 1. The second-order valence-electron chi connectivity index (χ2n) is 2.68. The molecule has 1 N–H and O–H groups in total. The standard InChI is InChI=1S/C10H10BrNOS/c11-9-2-3-10(8(6-9)7-12)14-5-1-4-13/h2-3,6,13H,1,4-5H2. The van der Waals surface area contributed by atoms with Gasteiger partial charge >= 0.3 is 0 Å². The minimum Gasteiger partial charge on any atom is -0.396 e. The number of rotatable bonds is 4. The van der Waals surface area contributed by atoms with E-state index in [0.717, 1.165) is 21.5 Å². The molecule has 0 saturated heterocycles. The van der Waals surface area contributed by atoms with Crippen molar-refractivity contribution in [1.82, 2.24) is 0 Å². The smallest absolute Gasteiger partial charge is 0.100 e. The highest BCUT2D eigenvalue weighted by molar-refractivity contribution is 9.10. The predicted octanol–water partition coefficient (Wildman–Crippen LogP) is 2.80. The Morgan fingerprint density at radius 1 is 1.50 bits per heavy atom. The van der Waals surface area contributed by atoms with Crippen molar-refractivity contribution in [1.29, 1.82) is 5.26 Å². The first-order valence-electron chi connectivity index (χ1n) is 4.21. The van der Waals surface area contributed by atoms with Gasteiger partial charge in [-0.1, -0.05) is 15.9 Å². The number of aliphatic hydroxyl groups excluding tert-OH is 1. The number of hydrogen-bond donors (Lipinski definition) is 1. The zero-order valence-electron chi connectivity index (χ0n) is 7.53. The van der Waals surface area contributed by atoms with E-state index >= 15 is 0 Å². The Morgan fingerprint density at radius 3 is 2.93 bits per heavy atom. The van der Waals surface area contributed by atoms with Crippen LogP contribution >= 0.6 is 27.7 Å². The van der Waals surface area contributed by atoms with E-state index in [0.29, 0.717) is 5.56 Å². The molecule has 1 rings (SSSR count). The highest BCUT2D eigenvalue weighted by Gasteiger charge is 2.02. The minimum atomic E-state index is 0.200. The third-order valence-corrected chi connectivity index (χ3v) is 3.28. The second-order valence-corrected chi connectivity index (χ2v) is 4.73. The summed E-state index contributed by atoms with van der Waals surface area (Å²) in [5.41, 5.74) is 0.683. The van der Waals surface area contributed by atoms with Crippen LogP contribution in [0.3, 0.4) is 0 Å². The minimum absolute atomic E-state index is 0.200. The van der Waals surface area contributed by atoms with Gasteiger partial charge in [-0.25, -0.2) is 0 Å². The molecule has 0 unspecified atom stereocenters. The fourth-order valence-electron chi connectivity index (χ4n) is 0.962. The monoisotopic (exact) mass is 271 g/mol. The second kappa shape index (κ2) is 6.07. The lowest BCUT2D eigenvalue weighted by Gasteiger charge is -2.02. The van der Waals surface area contributed by atoms with Crippen LogP contribution in [0.2, 0.25) is 0 Å². The largest absolute Gasteiger partial charge is 0.396 e. The van der Waals surface area contributed by atoms with Gasteiger partial charge < -0.3 is 5.11 Å². The Labute approximate surface area is 96.1 Å². The summed E-state index contributed by atoms with van der Waals surface area (Å²) in [5.74, 6) is 0.840. The lowest BCUT2D eigenvalue weighted by Crippen LogP contribution is -1.87. The lowest BCUT2D eigenvalue weighted by molar-refractivity contribution is 0.296. The van der Waals surface area contributed by atoms with Crippen LogP contribution in [0.1, 0.15) is 12.0 Å². The number of hydrogen-bond acceptors (Lipinski definition) is 3. The molecule has 0 saturated carbocycles. The number of thioether (sulfide) groups is 1. The first-order chi connectivity index (χ1) is 6.77. The van der Waals surface area contributed by atoms with Crippen molar-refractivity contribution in [3.8, 4) is 6.07 Å². The van der Waals surface area contributed by atoms with Crippen molar-refractivity contribution in [3.05, 3.63) is 28.2 Å². The summed E-state index contributed by atoms with van der Waals surface area (Å²) in [7, 11) is 0. The van der Waals surface area contributed by atoms with Crippen LogP contribution < -0.4 is 0 Å². The molecule has 0 spiro atoms. The van der Waals surface area contributed by atoms with E-state index in [2.05, 4.69) is 22.0 Å². The maximum Gasteiger partial charge on any atom is 0.100 e. The molecule has 14 heavy (non-hydrogen) atoms. The molecule has 0 atom stereocenters. The molecule has 1 aromatic carbocycles. The van der Waals surface area contributed by atoms with Crippen LogP contribution in [0.25, 0.3) is 0 Å². The number of aliphatic hydroxyl groups is 1. The number of benzene rings is 1. The van der Waals surface area contributed by atoms with Gasteiger partial charge in [0.25, 0.3) is 0 Å². The Balaban J connectivity index is 2.72. The average Bonchev–Trinajstić information content (AvgIpc) is 2.20. The lowest BCUT2D eigenvalue weighted by atomic mass is 10.2. The molecule has 4 heteroatoms. The van der Waals surface area contributed by atoms with Crippen LogP contribution in [-0.4, -0.2) is 17.5 Å². The van der Waals surface area contributed by atoms with Crippen molar-refractivity contribution >= 4 is 27.7 Å². The molecule has 0 aliphatic rings. The van der Waals surface area contributed by atoms with Gasteiger partial charge in [-0.2, -0.15) is 5.26 Å². The predicted molar refractivity (Wildman–Crippen MR) is 61.3 cm³/mol. The molecule has 74 valence electrons. The van der Waals surface area contributed by atoms with E-state index in [1.54, 1.807) is 17.8 Å². The van der Waals surface area contributed by atoms with Gasteiger partial charge in [0.15, 0.2) is 0 Å². The topological polar surface area (TPSA) is 44.0 Å². The summed E-state index contributed by atoms with van der Waals surface area (Å²) in [6.45, 7) is 0.200. The van der Waals surface area contributed by atoms with E-state index in [1.165, 1.54) is 0 Å². The van der Waals surface area contributed by atoms with E-state index in [1.807, 2.05) is 12.1 Å². The molecule has 0 bridgehead atoms. The fourth-order valence-corrected chi connectivity index (χ4v) is 2.24. The highest BCUT2D eigenvalue weighted by atomic mass is 79.9. The Kier molecular flexibility index (Phi) is 5.02. The quantitative estimate of drug-likeness (QED) is 0.677. The van der Waals surface area contributed by atoms with Crippen molar-refractivity contribution in [2.75, 3.05) is 12.4 Å². The molecule has 0 amide bonds. The number of nitrogens with zero attached hydrogens (tertiary/aromatic N) is 1. The summed E-state index contributed by atoms with van der Waals surface area (Å²) in [6, 6.07) is 7.80. The Morgan fingerprint density at radius 2 is 2.29 bits per heavy atom. The molecular formula is C10H10BrNOS. The van der Waals surface area contributed by atoms with E-state index in [4.69, 9.17) is 10.4 Å². The molecule has 0 fully saturated rings. The Bertz CT molecular complexity index is 348. The van der Waals surface area contributed by atoms with Gasteiger partial charge in [-0.05, 0) is 24.6 Å². The first kappa shape index (κ1) is 11.6. The van der Waals surface area contributed by atoms with Crippen molar-refractivity contribution in [2.45, 2.75) is 11.3 Å². The summed E-state index contributed by atoms with van der Waals surface area (Å²) in [5, 5.41) is 17.5. The maximum absolute atomic E-state index is 8.87. The molecular weight excluding hydrogens is 262 g/mol. The molecule has 0 aromatic heterocycles. The van der Waals surface area contributed by atoms with Gasteiger partial charge in [-0.3, -0.25) is 0 Å². The van der Waals surface area contributed by atoms with Crippen LogP contribution in [0, 0.1) is 11.3 Å². The summed E-state index contributed by atoms with van der Waals surface area (Å²) >= 11 is 4.92. The normalized spacial score (nSPS) is 9.79. The fraction of sp³-hybridized carbons (Fsp3) is 0.300. The van der Waals surface area contributed by atoms with E-state index in [9.17, 15) is 0 Å². The molecule has 1 aromatic rings. The van der Waals surface area contributed by atoms with Crippen LogP contribution in [0.5, 0.6) is 0 Å². The maximum atomic E-state index is 8.87. The number of halogens is 1. The third kappa shape index (κ3) is 3.33. The van der Waals surface area contributed by atoms with Crippen molar-refractivity contribution in [2.24, 2.45) is 0 Å². The third-order valence-electron chi connectivity index (χ3n) is 1.62. The highest BCUT2D eigenvalue weighted by Crippen LogP contribution is 2.25.